The van der Waals surface area contributed by atoms with Crippen molar-refractivity contribution in [3.63, 3.8) is 0 Å². The van der Waals surface area contributed by atoms with Gasteiger partial charge in [0.25, 0.3) is 11.8 Å². The van der Waals surface area contributed by atoms with E-state index < -0.39 is 11.8 Å². The molecule has 8 heteroatoms. The summed E-state index contributed by atoms with van der Waals surface area (Å²) in [5, 5.41) is 0.591. The summed E-state index contributed by atoms with van der Waals surface area (Å²) in [6.07, 6.45) is 0. The van der Waals surface area contributed by atoms with Gasteiger partial charge in [0.15, 0.2) is 6.61 Å². The van der Waals surface area contributed by atoms with E-state index in [9.17, 15) is 9.59 Å². The Labute approximate surface area is 177 Å². The summed E-state index contributed by atoms with van der Waals surface area (Å²) in [6.45, 7) is 6.27. The Hall–Kier alpha value is -2.25. The Morgan fingerprint density at radius 1 is 1.07 bits per heavy atom. The summed E-state index contributed by atoms with van der Waals surface area (Å²) in [5.74, 6) is 0.655. The van der Waals surface area contributed by atoms with Gasteiger partial charge in [0.2, 0.25) is 0 Å². The zero-order valence-corrected chi connectivity index (χ0v) is 18.2. The lowest BCUT2D eigenvalue weighted by molar-refractivity contribution is -0.123. The van der Waals surface area contributed by atoms with Crippen LogP contribution in [0.5, 0.6) is 11.5 Å². The van der Waals surface area contributed by atoms with Crippen LogP contribution in [0, 0.1) is 12.8 Å². The van der Waals surface area contributed by atoms with Gasteiger partial charge in [-0.2, -0.15) is 0 Å². The van der Waals surface area contributed by atoms with Gasteiger partial charge in [-0.15, -0.1) is 0 Å². The Balaban J connectivity index is 1.84. The Morgan fingerprint density at radius 3 is 2.43 bits per heavy atom. The Kier molecular flexibility index (Phi) is 8.14. The van der Waals surface area contributed by atoms with E-state index in [0.29, 0.717) is 39.1 Å². The van der Waals surface area contributed by atoms with E-state index in [1.54, 1.807) is 36.4 Å². The molecule has 2 aromatic carbocycles. The fourth-order valence-corrected chi connectivity index (χ4v) is 2.89. The number of carbonyl (C=O) groups excluding carboxylic acids is 2. The fourth-order valence-electron chi connectivity index (χ4n) is 2.17. The standard InChI is InChI=1S/C20H22BrClN2O4/c1-12(2)10-27-18-6-4-14(9-16(18)21)20(26)24-23-19(25)11-28-17-7-5-15(22)8-13(17)3/h4-9,12H,10-11H2,1-3H3,(H,23,25)(H,24,26). The smallest absolute Gasteiger partial charge is 0.276 e. The van der Waals surface area contributed by atoms with Crippen LogP contribution >= 0.6 is 27.5 Å². The fraction of sp³-hybridized carbons (Fsp3) is 0.300. The number of nitrogens with one attached hydrogen (secondary N) is 2. The first-order chi connectivity index (χ1) is 13.3. The molecule has 0 fully saturated rings. The number of rotatable bonds is 7. The highest BCUT2D eigenvalue weighted by Gasteiger charge is 2.11. The van der Waals surface area contributed by atoms with Gasteiger partial charge in [-0.3, -0.25) is 20.4 Å². The van der Waals surface area contributed by atoms with Gasteiger partial charge in [0.1, 0.15) is 11.5 Å². The second-order valence-corrected chi connectivity index (χ2v) is 7.84. The van der Waals surface area contributed by atoms with Gasteiger partial charge in [-0.05, 0) is 70.7 Å². The van der Waals surface area contributed by atoms with Crippen LogP contribution < -0.4 is 20.3 Å². The van der Waals surface area contributed by atoms with E-state index in [1.165, 1.54) is 0 Å². The van der Waals surface area contributed by atoms with Crippen molar-refractivity contribution in [3.05, 3.63) is 57.0 Å². The molecule has 0 heterocycles. The highest BCUT2D eigenvalue weighted by atomic mass is 79.9. The molecule has 2 rings (SSSR count). The highest BCUT2D eigenvalue weighted by molar-refractivity contribution is 9.10. The lowest BCUT2D eigenvalue weighted by Gasteiger charge is -2.12. The molecule has 150 valence electrons. The summed E-state index contributed by atoms with van der Waals surface area (Å²) >= 11 is 9.27. The molecule has 2 amide bonds. The molecule has 0 saturated carbocycles. The molecule has 0 aromatic heterocycles. The molecular weight excluding hydrogens is 448 g/mol. The first-order valence-electron chi connectivity index (χ1n) is 8.66. The van der Waals surface area contributed by atoms with Crippen molar-refractivity contribution in [2.24, 2.45) is 5.92 Å². The van der Waals surface area contributed by atoms with E-state index in [2.05, 4.69) is 40.6 Å². The van der Waals surface area contributed by atoms with Crippen LogP contribution in [0.2, 0.25) is 5.02 Å². The molecule has 6 nitrogen and oxygen atoms in total. The molecule has 0 aliphatic rings. The van der Waals surface area contributed by atoms with Crippen molar-refractivity contribution in [1.29, 1.82) is 0 Å². The second kappa shape index (κ2) is 10.3. The minimum absolute atomic E-state index is 0.242. The molecule has 0 spiro atoms. The molecule has 2 aromatic rings. The maximum atomic E-state index is 12.2. The first kappa shape index (κ1) is 22.0. The second-order valence-electron chi connectivity index (χ2n) is 6.55. The van der Waals surface area contributed by atoms with E-state index in [-0.39, 0.29) is 6.61 Å². The quantitative estimate of drug-likeness (QED) is 0.593. The number of carbonyl (C=O) groups is 2. The van der Waals surface area contributed by atoms with Crippen molar-refractivity contribution in [3.8, 4) is 11.5 Å². The van der Waals surface area contributed by atoms with Gasteiger partial charge < -0.3 is 9.47 Å². The van der Waals surface area contributed by atoms with E-state index in [0.717, 1.165) is 5.56 Å². The minimum atomic E-state index is -0.487. The summed E-state index contributed by atoms with van der Waals surface area (Å²) in [6, 6.07) is 10.1. The van der Waals surface area contributed by atoms with Crippen LogP contribution in [-0.4, -0.2) is 25.0 Å². The van der Waals surface area contributed by atoms with Crippen LogP contribution in [0.15, 0.2) is 40.9 Å². The minimum Gasteiger partial charge on any atom is -0.492 e. The number of hydrogen-bond acceptors (Lipinski definition) is 4. The topological polar surface area (TPSA) is 76.7 Å². The maximum Gasteiger partial charge on any atom is 0.276 e. The summed E-state index contributed by atoms with van der Waals surface area (Å²) in [7, 11) is 0. The van der Waals surface area contributed by atoms with Crippen LogP contribution in [0.25, 0.3) is 0 Å². The number of halogens is 2. The largest absolute Gasteiger partial charge is 0.492 e. The first-order valence-corrected chi connectivity index (χ1v) is 9.84. The van der Waals surface area contributed by atoms with E-state index in [4.69, 9.17) is 21.1 Å². The predicted molar refractivity (Wildman–Crippen MR) is 112 cm³/mol. The van der Waals surface area contributed by atoms with Crippen molar-refractivity contribution in [2.45, 2.75) is 20.8 Å². The summed E-state index contributed by atoms with van der Waals surface area (Å²) in [5.41, 5.74) is 5.86. The molecule has 0 aliphatic heterocycles. The number of amides is 2. The van der Waals surface area contributed by atoms with Gasteiger partial charge in [-0.1, -0.05) is 25.4 Å². The number of hydrogen-bond donors (Lipinski definition) is 2. The van der Waals surface area contributed by atoms with Crippen molar-refractivity contribution in [1.82, 2.24) is 10.9 Å². The molecule has 2 N–H and O–H groups in total. The number of benzene rings is 2. The average molecular weight is 470 g/mol. The zero-order chi connectivity index (χ0) is 20.7. The summed E-state index contributed by atoms with van der Waals surface area (Å²) in [4.78, 5) is 24.1. The number of hydrazine groups is 1. The van der Waals surface area contributed by atoms with E-state index >= 15 is 0 Å². The van der Waals surface area contributed by atoms with Crippen LogP contribution in [-0.2, 0) is 4.79 Å². The average Bonchev–Trinajstić information content (AvgIpc) is 2.64. The van der Waals surface area contributed by atoms with Crippen molar-refractivity contribution < 1.29 is 19.1 Å². The molecule has 0 atom stereocenters. The SMILES string of the molecule is Cc1cc(Cl)ccc1OCC(=O)NNC(=O)c1ccc(OCC(C)C)c(Br)c1. The van der Waals surface area contributed by atoms with Crippen molar-refractivity contribution >= 4 is 39.3 Å². The molecule has 0 unspecified atom stereocenters. The molecule has 0 aliphatic carbocycles. The number of aryl methyl sites for hydroxylation is 1. The maximum absolute atomic E-state index is 12.2. The summed E-state index contributed by atoms with van der Waals surface area (Å²) < 4.78 is 11.7. The molecular formula is C20H22BrClN2O4. The monoisotopic (exact) mass is 468 g/mol. The van der Waals surface area contributed by atoms with E-state index in [1.807, 2.05) is 6.92 Å². The molecule has 28 heavy (non-hydrogen) atoms. The lowest BCUT2D eigenvalue weighted by atomic mass is 10.2. The van der Waals surface area contributed by atoms with Gasteiger partial charge in [0, 0.05) is 10.6 Å². The predicted octanol–water partition coefficient (Wildman–Crippen LogP) is 4.29. The molecule has 0 bridgehead atoms. The van der Waals surface area contributed by atoms with Crippen molar-refractivity contribution in [2.75, 3.05) is 13.2 Å². The van der Waals surface area contributed by atoms with Crippen LogP contribution in [0.1, 0.15) is 29.8 Å². The normalized spacial score (nSPS) is 10.5. The van der Waals surface area contributed by atoms with Crippen LogP contribution in [0.3, 0.4) is 0 Å². The molecule has 0 radical (unpaired) electrons. The van der Waals surface area contributed by atoms with Gasteiger partial charge in [-0.25, -0.2) is 0 Å². The third kappa shape index (κ3) is 6.73. The third-order valence-corrected chi connectivity index (χ3v) is 4.43. The Bertz CT molecular complexity index is 858. The lowest BCUT2D eigenvalue weighted by Crippen LogP contribution is -2.43. The zero-order valence-electron chi connectivity index (χ0n) is 15.8. The van der Waals surface area contributed by atoms with Gasteiger partial charge in [0.05, 0.1) is 11.1 Å². The third-order valence-electron chi connectivity index (χ3n) is 3.58. The Morgan fingerprint density at radius 2 is 1.79 bits per heavy atom. The van der Waals surface area contributed by atoms with Crippen LogP contribution in [0.4, 0.5) is 0 Å². The van der Waals surface area contributed by atoms with Gasteiger partial charge >= 0.3 is 0 Å². The number of ether oxygens (including phenoxy) is 2. The highest BCUT2D eigenvalue weighted by Crippen LogP contribution is 2.26. The molecule has 0 saturated heterocycles.